The second-order valence-corrected chi connectivity index (χ2v) is 4.02. The molecule has 0 aromatic heterocycles. The Morgan fingerprint density at radius 2 is 2.07 bits per heavy atom. The minimum absolute atomic E-state index is 0.349. The summed E-state index contributed by atoms with van der Waals surface area (Å²) in [5, 5.41) is 3.53. The van der Waals surface area contributed by atoms with Crippen LogP contribution in [-0.2, 0) is 4.74 Å². The van der Waals surface area contributed by atoms with Gasteiger partial charge in [0.05, 0.1) is 6.10 Å². The molecule has 0 aliphatic rings. The third-order valence-corrected chi connectivity index (χ3v) is 2.64. The fourth-order valence-corrected chi connectivity index (χ4v) is 1.51. The first-order chi connectivity index (χ1) is 7.24. The SMILES string of the molecule is C#CCCC(CCC(C)OC)NCCC. The van der Waals surface area contributed by atoms with E-state index in [0.717, 1.165) is 32.2 Å². The molecule has 0 fully saturated rings. The van der Waals surface area contributed by atoms with Crippen LogP contribution >= 0.6 is 0 Å². The van der Waals surface area contributed by atoms with Crippen molar-refractivity contribution in [3.63, 3.8) is 0 Å². The molecule has 0 aliphatic heterocycles. The van der Waals surface area contributed by atoms with Crippen LogP contribution in [0, 0.1) is 12.3 Å². The number of hydrogen-bond acceptors (Lipinski definition) is 2. The highest BCUT2D eigenvalue weighted by atomic mass is 16.5. The highest BCUT2D eigenvalue weighted by Crippen LogP contribution is 2.08. The molecule has 2 nitrogen and oxygen atoms in total. The Hall–Kier alpha value is -0.520. The fourth-order valence-electron chi connectivity index (χ4n) is 1.51. The van der Waals surface area contributed by atoms with Crippen molar-refractivity contribution in [2.24, 2.45) is 0 Å². The van der Waals surface area contributed by atoms with Gasteiger partial charge in [-0.3, -0.25) is 0 Å². The zero-order chi connectivity index (χ0) is 11.5. The maximum Gasteiger partial charge on any atom is 0.0543 e. The molecule has 0 amide bonds. The molecule has 2 heteroatoms. The third-order valence-electron chi connectivity index (χ3n) is 2.64. The molecule has 0 radical (unpaired) electrons. The Bertz CT molecular complexity index is 174. The summed E-state index contributed by atoms with van der Waals surface area (Å²) in [7, 11) is 1.76. The molecule has 0 spiro atoms. The molecular formula is C13H25NO. The topological polar surface area (TPSA) is 21.3 Å². The zero-order valence-corrected chi connectivity index (χ0v) is 10.4. The molecule has 0 saturated carbocycles. The lowest BCUT2D eigenvalue weighted by molar-refractivity contribution is 0.106. The molecule has 0 bridgehead atoms. The van der Waals surface area contributed by atoms with Gasteiger partial charge >= 0.3 is 0 Å². The average molecular weight is 211 g/mol. The average Bonchev–Trinajstić information content (AvgIpc) is 2.27. The van der Waals surface area contributed by atoms with Crippen molar-refractivity contribution in [1.82, 2.24) is 5.32 Å². The van der Waals surface area contributed by atoms with Crippen molar-refractivity contribution >= 4 is 0 Å². The number of ether oxygens (including phenoxy) is 1. The smallest absolute Gasteiger partial charge is 0.0543 e. The lowest BCUT2D eigenvalue weighted by Gasteiger charge is -2.19. The second kappa shape index (κ2) is 10.0. The molecule has 0 heterocycles. The molecule has 1 N–H and O–H groups in total. The monoisotopic (exact) mass is 211 g/mol. The number of terminal acetylenes is 1. The number of rotatable bonds is 9. The van der Waals surface area contributed by atoms with Gasteiger partial charge in [0.2, 0.25) is 0 Å². The summed E-state index contributed by atoms with van der Waals surface area (Å²) in [5.41, 5.74) is 0. The molecule has 0 rings (SSSR count). The van der Waals surface area contributed by atoms with Gasteiger partial charge in [-0.15, -0.1) is 12.3 Å². The summed E-state index contributed by atoms with van der Waals surface area (Å²) in [6.07, 6.45) is 11.0. The van der Waals surface area contributed by atoms with Crippen LogP contribution in [0.3, 0.4) is 0 Å². The minimum atomic E-state index is 0.349. The van der Waals surface area contributed by atoms with Crippen molar-refractivity contribution in [2.45, 2.75) is 58.1 Å². The van der Waals surface area contributed by atoms with E-state index in [0.29, 0.717) is 12.1 Å². The second-order valence-electron chi connectivity index (χ2n) is 4.02. The van der Waals surface area contributed by atoms with Gasteiger partial charge in [0.15, 0.2) is 0 Å². The van der Waals surface area contributed by atoms with E-state index < -0.39 is 0 Å². The molecule has 15 heavy (non-hydrogen) atoms. The van der Waals surface area contributed by atoms with Crippen LogP contribution in [0.5, 0.6) is 0 Å². The molecule has 2 atom stereocenters. The van der Waals surface area contributed by atoms with E-state index in [1.807, 2.05) is 0 Å². The number of methoxy groups -OCH3 is 1. The van der Waals surface area contributed by atoms with Crippen molar-refractivity contribution in [3.05, 3.63) is 0 Å². The maximum absolute atomic E-state index is 5.29. The van der Waals surface area contributed by atoms with E-state index in [1.165, 1.54) is 6.42 Å². The molecule has 2 unspecified atom stereocenters. The molecule has 0 aliphatic carbocycles. The van der Waals surface area contributed by atoms with Gasteiger partial charge in [-0.2, -0.15) is 0 Å². The minimum Gasteiger partial charge on any atom is -0.382 e. The van der Waals surface area contributed by atoms with Gasteiger partial charge in [0.1, 0.15) is 0 Å². The van der Waals surface area contributed by atoms with Crippen molar-refractivity contribution in [1.29, 1.82) is 0 Å². The van der Waals surface area contributed by atoms with Crippen LogP contribution < -0.4 is 5.32 Å². The third kappa shape index (κ3) is 8.47. The van der Waals surface area contributed by atoms with Crippen LogP contribution in [0.15, 0.2) is 0 Å². The Morgan fingerprint density at radius 1 is 1.33 bits per heavy atom. The molecule has 0 aromatic carbocycles. The quantitative estimate of drug-likeness (QED) is 0.592. The van der Waals surface area contributed by atoms with Gasteiger partial charge in [-0.05, 0) is 39.2 Å². The number of nitrogens with one attached hydrogen (secondary N) is 1. The van der Waals surface area contributed by atoms with Crippen LogP contribution in [0.1, 0.15) is 46.0 Å². The zero-order valence-electron chi connectivity index (χ0n) is 10.4. The van der Waals surface area contributed by atoms with E-state index in [4.69, 9.17) is 11.2 Å². The van der Waals surface area contributed by atoms with Crippen LogP contribution in [0.4, 0.5) is 0 Å². The molecule has 0 aromatic rings. The van der Waals surface area contributed by atoms with Gasteiger partial charge in [0.25, 0.3) is 0 Å². The summed E-state index contributed by atoms with van der Waals surface area (Å²) < 4.78 is 5.24. The maximum atomic E-state index is 5.29. The summed E-state index contributed by atoms with van der Waals surface area (Å²) in [5.74, 6) is 2.70. The van der Waals surface area contributed by atoms with E-state index in [2.05, 4.69) is 25.1 Å². The van der Waals surface area contributed by atoms with Crippen LogP contribution in [0.25, 0.3) is 0 Å². The van der Waals surface area contributed by atoms with Crippen molar-refractivity contribution in [2.75, 3.05) is 13.7 Å². The van der Waals surface area contributed by atoms with Crippen molar-refractivity contribution in [3.8, 4) is 12.3 Å². The highest BCUT2D eigenvalue weighted by molar-refractivity contribution is 4.85. The Kier molecular flexibility index (Phi) is 9.67. The Balaban J connectivity index is 3.74. The standard InChI is InChI=1S/C13H25NO/c1-5-7-8-13(14-11-6-2)10-9-12(3)15-4/h1,12-14H,6-11H2,2-4H3. The first-order valence-corrected chi connectivity index (χ1v) is 5.94. The van der Waals surface area contributed by atoms with Gasteiger partial charge in [-0.1, -0.05) is 6.92 Å². The summed E-state index contributed by atoms with van der Waals surface area (Å²) >= 11 is 0. The van der Waals surface area contributed by atoms with Crippen molar-refractivity contribution < 1.29 is 4.74 Å². The Morgan fingerprint density at radius 3 is 2.60 bits per heavy atom. The van der Waals surface area contributed by atoms with Crippen LogP contribution in [-0.4, -0.2) is 25.8 Å². The first kappa shape index (κ1) is 14.5. The highest BCUT2D eigenvalue weighted by Gasteiger charge is 2.09. The first-order valence-electron chi connectivity index (χ1n) is 5.94. The van der Waals surface area contributed by atoms with Crippen LogP contribution in [0.2, 0.25) is 0 Å². The predicted octanol–water partition coefficient (Wildman–Crippen LogP) is 2.58. The molecular weight excluding hydrogens is 186 g/mol. The molecule has 88 valence electrons. The molecule has 0 saturated heterocycles. The van der Waals surface area contributed by atoms with Gasteiger partial charge < -0.3 is 10.1 Å². The fraction of sp³-hybridized carbons (Fsp3) is 0.846. The largest absolute Gasteiger partial charge is 0.382 e. The lowest BCUT2D eigenvalue weighted by atomic mass is 10.0. The summed E-state index contributed by atoms with van der Waals surface area (Å²) in [6.45, 7) is 5.37. The van der Waals surface area contributed by atoms with E-state index in [1.54, 1.807) is 7.11 Å². The van der Waals surface area contributed by atoms with E-state index in [-0.39, 0.29) is 0 Å². The van der Waals surface area contributed by atoms with E-state index >= 15 is 0 Å². The normalized spacial score (nSPS) is 14.5. The summed E-state index contributed by atoms with van der Waals surface area (Å²) in [6, 6.07) is 0.554. The number of hydrogen-bond donors (Lipinski definition) is 1. The van der Waals surface area contributed by atoms with E-state index in [9.17, 15) is 0 Å². The summed E-state index contributed by atoms with van der Waals surface area (Å²) in [4.78, 5) is 0. The predicted molar refractivity (Wildman–Crippen MR) is 65.9 cm³/mol. The lowest BCUT2D eigenvalue weighted by Crippen LogP contribution is -2.30. The van der Waals surface area contributed by atoms with Gasteiger partial charge in [-0.25, -0.2) is 0 Å². The Labute approximate surface area is 94.8 Å². The van der Waals surface area contributed by atoms with Gasteiger partial charge in [0, 0.05) is 19.6 Å².